The van der Waals surface area contributed by atoms with Crippen molar-refractivity contribution in [3.8, 4) is 0 Å². The maximum Gasteiger partial charge on any atom is 0.274 e. The number of rotatable bonds is 5. The number of nitrogens with zero attached hydrogens (tertiary/aromatic N) is 2. The van der Waals surface area contributed by atoms with Crippen molar-refractivity contribution < 1.29 is 14.4 Å². The first kappa shape index (κ1) is 18.5. The molecule has 5 aliphatic rings. The van der Waals surface area contributed by atoms with E-state index in [1.807, 2.05) is 0 Å². The molecular weight excluding hydrogens is 357 g/mol. The van der Waals surface area contributed by atoms with Crippen molar-refractivity contribution in [2.45, 2.75) is 57.7 Å². The first-order chi connectivity index (χ1) is 13.6. The Morgan fingerprint density at radius 2 is 2.04 bits per heavy atom. The van der Waals surface area contributed by atoms with Crippen LogP contribution in [-0.4, -0.2) is 52.6 Å². The third-order valence-electron chi connectivity index (χ3n) is 7.72. The highest BCUT2D eigenvalue weighted by molar-refractivity contribution is 5.93. The molecule has 6 rings (SSSR count). The van der Waals surface area contributed by atoms with Gasteiger partial charge in [-0.3, -0.25) is 19.8 Å². The Hall–Kier alpha value is -1.50. The van der Waals surface area contributed by atoms with Crippen LogP contribution in [0.1, 0.15) is 54.1 Å². The van der Waals surface area contributed by atoms with E-state index in [4.69, 9.17) is 5.21 Å². The fourth-order valence-electron chi connectivity index (χ4n) is 5.92. The van der Waals surface area contributed by atoms with Gasteiger partial charge in [0, 0.05) is 43.8 Å². The number of hydroxylamine groups is 1. The first-order valence-corrected chi connectivity index (χ1v) is 10.8. The number of amides is 1. The number of hydrogen-bond donors (Lipinski definition) is 2. The molecule has 4 fully saturated rings. The largest absolute Gasteiger partial charge is 0.300 e. The highest BCUT2D eigenvalue weighted by Crippen LogP contribution is 2.49. The van der Waals surface area contributed by atoms with Crippen molar-refractivity contribution in [1.29, 1.82) is 0 Å². The van der Waals surface area contributed by atoms with Crippen LogP contribution in [0.15, 0.2) is 12.1 Å². The molecule has 0 radical (unpaired) electrons. The Labute approximate surface area is 165 Å². The van der Waals surface area contributed by atoms with E-state index in [2.05, 4.69) is 16.7 Å². The molecule has 3 heterocycles. The molecule has 2 unspecified atom stereocenters. The average molecular weight is 387 g/mol. The molecule has 0 spiro atoms. The van der Waals surface area contributed by atoms with Crippen molar-refractivity contribution in [3.05, 3.63) is 34.6 Å². The lowest BCUT2D eigenvalue weighted by Gasteiger charge is -2.56. The van der Waals surface area contributed by atoms with Crippen LogP contribution in [0.4, 0.5) is 4.39 Å². The van der Waals surface area contributed by atoms with Gasteiger partial charge in [-0.2, -0.15) is 0 Å². The van der Waals surface area contributed by atoms with E-state index in [0.29, 0.717) is 19.0 Å². The molecule has 3 aliphatic heterocycles. The third-order valence-corrected chi connectivity index (χ3v) is 7.72. The molecule has 1 aromatic carbocycles. The van der Waals surface area contributed by atoms with Gasteiger partial charge in [0.1, 0.15) is 5.82 Å². The van der Waals surface area contributed by atoms with Crippen molar-refractivity contribution in [1.82, 2.24) is 15.3 Å². The minimum Gasteiger partial charge on any atom is -0.300 e. The van der Waals surface area contributed by atoms with Crippen LogP contribution in [0.3, 0.4) is 0 Å². The summed E-state index contributed by atoms with van der Waals surface area (Å²) in [6.45, 7) is 6.50. The van der Waals surface area contributed by atoms with E-state index in [1.165, 1.54) is 38.4 Å². The normalized spacial score (nSPS) is 32.5. The standard InChI is InChI=1S/C22H30FN3O2/c1-2-17-8-19-14(5-13(7-21(19)23)22(27)24-28)9-26(17)12-20-15-6-16(20)11-25(10-15)18-3-4-18/h5,7,15-18,20,28H,2-4,6,8-12H2,1H3,(H,24,27)/t15?,16?,17-,20?/m1/s1. The summed E-state index contributed by atoms with van der Waals surface area (Å²) < 4.78 is 14.6. The second-order valence-corrected chi connectivity index (χ2v) is 9.34. The highest BCUT2D eigenvalue weighted by Gasteiger charge is 2.50. The molecule has 152 valence electrons. The zero-order valence-electron chi connectivity index (χ0n) is 16.5. The lowest BCUT2D eigenvalue weighted by atomic mass is 9.61. The predicted octanol–water partition coefficient (Wildman–Crippen LogP) is 2.81. The molecule has 3 atom stereocenters. The summed E-state index contributed by atoms with van der Waals surface area (Å²) in [7, 11) is 0. The molecule has 6 heteroatoms. The molecule has 0 aromatic heterocycles. The van der Waals surface area contributed by atoms with Crippen LogP contribution < -0.4 is 5.48 Å². The van der Waals surface area contributed by atoms with E-state index < -0.39 is 5.91 Å². The summed E-state index contributed by atoms with van der Waals surface area (Å²) in [5, 5.41) is 8.89. The fourth-order valence-corrected chi connectivity index (χ4v) is 5.92. The minimum absolute atomic E-state index is 0.189. The minimum atomic E-state index is -0.653. The highest BCUT2D eigenvalue weighted by atomic mass is 19.1. The average Bonchev–Trinajstić information content (AvgIpc) is 3.56. The zero-order valence-corrected chi connectivity index (χ0v) is 16.5. The lowest BCUT2D eigenvalue weighted by Crippen LogP contribution is -2.59. The van der Waals surface area contributed by atoms with Crippen LogP contribution in [0.25, 0.3) is 0 Å². The van der Waals surface area contributed by atoms with Crippen LogP contribution in [0.2, 0.25) is 0 Å². The molecular formula is C22H30FN3O2. The predicted molar refractivity (Wildman–Crippen MR) is 104 cm³/mol. The quantitative estimate of drug-likeness (QED) is 0.603. The summed E-state index contributed by atoms with van der Waals surface area (Å²) in [6, 6.07) is 4.23. The summed E-state index contributed by atoms with van der Waals surface area (Å²) in [4.78, 5) is 17.0. The molecule has 28 heavy (non-hydrogen) atoms. The molecule has 2 bridgehead atoms. The third kappa shape index (κ3) is 3.15. The Morgan fingerprint density at radius 1 is 1.29 bits per heavy atom. The number of hydrogen-bond acceptors (Lipinski definition) is 4. The Bertz CT molecular complexity index is 769. The van der Waals surface area contributed by atoms with E-state index in [9.17, 15) is 9.18 Å². The van der Waals surface area contributed by atoms with Crippen molar-refractivity contribution in [3.63, 3.8) is 0 Å². The van der Waals surface area contributed by atoms with Gasteiger partial charge >= 0.3 is 0 Å². The molecule has 1 aromatic rings. The Kier molecular flexibility index (Phi) is 4.68. The second-order valence-electron chi connectivity index (χ2n) is 9.34. The number of benzene rings is 1. The molecule has 2 saturated heterocycles. The fraction of sp³-hybridized carbons (Fsp3) is 0.682. The Balaban J connectivity index is 1.32. The first-order valence-electron chi connectivity index (χ1n) is 10.8. The number of carbonyl (C=O) groups excluding carboxylic acids is 1. The molecule has 1 amide bonds. The van der Waals surface area contributed by atoms with Crippen molar-refractivity contribution in [2.75, 3.05) is 19.6 Å². The number of halogens is 1. The van der Waals surface area contributed by atoms with E-state index in [1.54, 1.807) is 11.5 Å². The Morgan fingerprint density at radius 3 is 2.68 bits per heavy atom. The topological polar surface area (TPSA) is 55.8 Å². The van der Waals surface area contributed by atoms with E-state index in [0.717, 1.165) is 47.9 Å². The van der Waals surface area contributed by atoms with Gasteiger partial charge in [0.2, 0.25) is 0 Å². The number of nitrogens with one attached hydrogen (secondary N) is 1. The van der Waals surface area contributed by atoms with Gasteiger partial charge in [-0.05, 0) is 73.1 Å². The molecule has 2 N–H and O–H groups in total. The summed E-state index contributed by atoms with van der Waals surface area (Å²) in [6.07, 6.45) is 5.87. The van der Waals surface area contributed by atoms with Gasteiger partial charge in [-0.1, -0.05) is 6.92 Å². The van der Waals surface area contributed by atoms with Crippen molar-refractivity contribution in [2.24, 2.45) is 17.8 Å². The van der Waals surface area contributed by atoms with E-state index >= 15 is 0 Å². The number of fused-ring (bicyclic) bond motifs is 3. The second kappa shape index (κ2) is 7.08. The van der Waals surface area contributed by atoms with Crippen LogP contribution in [0, 0.1) is 23.6 Å². The lowest BCUT2D eigenvalue weighted by molar-refractivity contribution is -0.0684. The molecule has 2 saturated carbocycles. The number of carbonyl (C=O) groups is 1. The summed E-state index contributed by atoms with van der Waals surface area (Å²) in [5.41, 5.74) is 3.44. The maximum atomic E-state index is 14.6. The van der Waals surface area contributed by atoms with Crippen LogP contribution >= 0.6 is 0 Å². The summed E-state index contributed by atoms with van der Waals surface area (Å²) in [5.74, 6) is 1.43. The van der Waals surface area contributed by atoms with Gasteiger partial charge in [-0.25, -0.2) is 9.87 Å². The molecule has 5 nitrogen and oxygen atoms in total. The number of piperidine rings is 2. The van der Waals surface area contributed by atoms with Crippen LogP contribution in [-0.2, 0) is 13.0 Å². The van der Waals surface area contributed by atoms with E-state index in [-0.39, 0.29) is 11.4 Å². The van der Waals surface area contributed by atoms with Crippen LogP contribution in [0.5, 0.6) is 0 Å². The SMILES string of the molecule is CC[C@@H]1Cc2c(F)cc(C(=O)NO)cc2CN1CC1C2CC1CN(C1CC1)C2. The monoisotopic (exact) mass is 387 g/mol. The van der Waals surface area contributed by atoms with Crippen molar-refractivity contribution >= 4 is 5.91 Å². The van der Waals surface area contributed by atoms with Gasteiger partial charge in [0.05, 0.1) is 0 Å². The summed E-state index contributed by atoms with van der Waals surface area (Å²) >= 11 is 0. The van der Waals surface area contributed by atoms with Gasteiger partial charge in [-0.15, -0.1) is 0 Å². The van der Waals surface area contributed by atoms with Gasteiger partial charge in [0.15, 0.2) is 0 Å². The van der Waals surface area contributed by atoms with Gasteiger partial charge < -0.3 is 0 Å². The molecule has 2 aliphatic carbocycles. The maximum absolute atomic E-state index is 14.6. The van der Waals surface area contributed by atoms with Gasteiger partial charge in [0.25, 0.3) is 5.91 Å². The smallest absolute Gasteiger partial charge is 0.274 e. The zero-order chi connectivity index (χ0) is 19.4.